The van der Waals surface area contributed by atoms with Gasteiger partial charge in [-0.05, 0) is 42.8 Å². The quantitative estimate of drug-likeness (QED) is 0.522. The van der Waals surface area contributed by atoms with Crippen LogP contribution in [0, 0.1) is 18.3 Å². The van der Waals surface area contributed by atoms with E-state index >= 15 is 0 Å². The van der Waals surface area contributed by atoms with Gasteiger partial charge >= 0.3 is 6.18 Å². The Morgan fingerprint density at radius 2 is 1.73 bits per heavy atom. The Balaban J connectivity index is 2.02. The number of carbonyl (C=O) groups is 2. The number of nitrogens with one attached hydrogen (secondary N) is 3. The zero-order chi connectivity index (χ0) is 24.2. The smallest absolute Gasteiger partial charge is 0.355 e. The molecule has 0 radical (unpaired) electrons. The number of nitriles is 1. The summed E-state index contributed by atoms with van der Waals surface area (Å²) in [6.45, 7) is 1.85. The highest BCUT2D eigenvalue weighted by Gasteiger charge is 2.32. The topological polar surface area (TPSA) is 107 Å². The lowest BCUT2D eigenvalue weighted by atomic mass is 10.1. The van der Waals surface area contributed by atoms with E-state index in [1.807, 2.05) is 19.1 Å². The first-order valence-electron chi connectivity index (χ1n) is 9.61. The molecule has 3 rings (SSSR count). The van der Waals surface area contributed by atoms with Crippen molar-refractivity contribution in [3.63, 3.8) is 0 Å². The van der Waals surface area contributed by atoms with Gasteiger partial charge in [0.15, 0.2) is 5.82 Å². The van der Waals surface area contributed by atoms with Gasteiger partial charge in [0, 0.05) is 24.5 Å². The molecule has 168 valence electrons. The maximum atomic E-state index is 13.2. The summed E-state index contributed by atoms with van der Waals surface area (Å²) in [5.41, 5.74) is -0.0473. The van der Waals surface area contributed by atoms with Crippen LogP contribution in [0.15, 0.2) is 54.7 Å². The van der Waals surface area contributed by atoms with Crippen LogP contribution in [0.3, 0.4) is 0 Å². The number of benzene rings is 2. The van der Waals surface area contributed by atoms with E-state index in [1.54, 1.807) is 18.2 Å². The van der Waals surface area contributed by atoms with Crippen molar-refractivity contribution in [3.05, 3.63) is 82.5 Å². The molecule has 3 N–H and O–H groups in total. The fraction of sp³-hybridized carbons (Fsp3) is 0.130. The number of carbonyl (C=O) groups excluding carboxylic acids is 2. The Morgan fingerprint density at radius 3 is 2.36 bits per heavy atom. The number of alkyl halides is 3. The van der Waals surface area contributed by atoms with E-state index in [1.165, 1.54) is 19.3 Å². The van der Waals surface area contributed by atoms with Crippen LogP contribution in [0.5, 0.6) is 0 Å². The predicted molar refractivity (Wildman–Crippen MR) is 116 cm³/mol. The van der Waals surface area contributed by atoms with Crippen molar-refractivity contribution in [3.8, 4) is 6.07 Å². The van der Waals surface area contributed by atoms with Gasteiger partial charge in [0.1, 0.15) is 0 Å². The minimum atomic E-state index is -4.74. The SMILES string of the molecule is CNC(=O)c1cnc(Nc2ccccc2C)c(NC(=O)c2cc(C#N)cc(C(F)(F)F)c2)c1. The van der Waals surface area contributed by atoms with Crippen molar-refractivity contribution in [1.29, 1.82) is 5.26 Å². The molecule has 0 saturated carbocycles. The molecule has 10 heteroatoms. The van der Waals surface area contributed by atoms with Crippen LogP contribution < -0.4 is 16.0 Å². The Morgan fingerprint density at radius 1 is 1.00 bits per heavy atom. The molecule has 0 aliphatic carbocycles. The lowest BCUT2D eigenvalue weighted by Crippen LogP contribution is -2.20. The van der Waals surface area contributed by atoms with E-state index < -0.39 is 23.6 Å². The number of amides is 2. The van der Waals surface area contributed by atoms with Gasteiger partial charge in [-0.2, -0.15) is 18.4 Å². The molecule has 1 aromatic heterocycles. The summed E-state index contributed by atoms with van der Waals surface area (Å²) < 4.78 is 39.6. The zero-order valence-corrected chi connectivity index (χ0v) is 17.5. The number of para-hydroxylation sites is 1. The normalized spacial score (nSPS) is 10.8. The van der Waals surface area contributed by atoms with Crippen LogP contribution in [-0.4, -0.2) is 23.8 Å². The first-order chi connectivity index (χ1) is 15.6. The van der Waals surface area contributed by atoms with Crippen molar-refractivity contribution in [2.75, 3.05) is 17.7 Å². The number of rotatable bonds is 5. The van der Waals surface area contributed by atoms with E-state index in [4.69, 9.17) is 5.26 Å². The minimum Gasteiger partial charge on any atom is -0.355 e. The molecule has 0 aliphatic heterocycles. The highest BCUT2D eigenvalue weighted by atomic mass is 19.4. The summed E-state index contributed by atoms with van der Waals surface area (Å²) in [5, 5.41) is 17.1. The van der Waals surface area contributed by atoms with E-state index in [0.29, 0.717) is 17.8 Å². The minimum absolute atomic E-state index is 0.0697. The van der Waals surface area contributed by atoms with Crippen molar-refractivity contribution < 1.29 is 22.8 Å². The highest BCUT2D eigenvalue weighted by molar-refractivity contribution is 6.07. The van der Waals surface area contributed by atoms with Gasteiger partial charge in [0.05, 0.1) is 28.4 Å². The number of halogens is 3. The van der Waals surface area contributed by atoms with Gasteiger partial charge in [-0.3, -0.25) is 9.59 Å². The number of hydrogen-bond donors (Lipinski definition) is 3. The lowest BCUT2D eigenvalue weighted by Gasteiger charge is -2.15. The monoisotopic (exact) mass is 453 g/mol. The molecule has 3 aromatic rings. The number of nitrogens with zero attached hydrogens (tertiary/aromatic N) is 2. The Bertz CT molecular complexity index is 1270. The third kappa shape index (κ3) is 5.46. The molecule has 0 spiro atoms. The summed E-state index contributed by atoms with van der Waals surface area (Å²) in [6.07, 6.45) is -3.44. The van der Waals surface area contributed by atoms with Crippen LogP contribution in [0.1, 0.15) is 37.4 Å². The summed E-state index contributed by atoms with van der Waals surface area (Å²) in [4.78, 5) is 29.1. The summed E-state index contributed by atoms with van der Waals surface area (Å²) >= 11 is 0. The molecule has 0 unspecified atom stereocenters. The molecule has 2 amide bonds. The summed E-state index contributed by atoms with van der Waals surface area (Å²) in [5.74, 6) is -1.19. The van der Waals surface area contributed by atoms with Crippen LogP contribution >= 0.6 is 0 Å². The molecule has 0 saturated heterocycles. The maximum absolute atomic E-state index is 13.2. The molecular weight excluding hydrogens is 435 g/mol. The fourth-order valence-corrected chi connectivity index (χ4v) is 2.95. The summed E-state index contributed by atoms with van der Waals surface area (Å²) in [7, 11) is 1.42. The first-order valence-corrected chi connectivity index (χ1v) is 9.61. The second-order valence-corrected chi connectivity index (χ2v) is 7.00. The largest absolute Gasteiger partial charge is 0.416 e. The van der Waals surface area contributed by atoms with Crippen LogP contribution in [-0.2, 0) is 6.18 Å². The average Bonchev–Trinajstić information content (AvgIpc) is 2.80. The molecule has 0 fully saturated rings. The highest BCUT2D eigenvalue weighted by Crippen LogP contribution is 2.31. The first kappa shape index (κ1) is 23.3. The molecule has 0 bridgehead atoms. The van der Waals surface area contributed by atoms with Crippen LogP contribution in [0.2, 0.25) is 0 Å². The number of aromatic nitrogens is 1. The molecular formula is C23H18F3N5O2. The van der Waals surface area contributed by atoms with Gasteiger partial charge in [0.25, 0.3) is 11.8 Å². The van der Waals surface area contributed by atoms with E-state index in [-0.39, 0.29) is 28.2 Å². The van der Waals surface area contributed by atoms with Gasteiger partial charge in [-0.25, -0.2) is 4.98 Å². The average molecular weight is 453 g/mol. The van der Waals surface area contributed by atoms with Gasteiger partial charge in [-0.1, -0.05) is 18.2 Å². The van der Waals surface area contributed by atoms with E-state index in [9.17, 15) is 22.8 Å². The third-order valence-corrected chi connectivity index (χ3v) is 4.67. The number of anilines is 3. The van der Waals surface area contributed by atoms with E-state index in [0.717, 1.165) is 11.6 Å². The van der Waals surface area contributed by atoms with Crippen molar-refractivity contribution in [1.82, 2.24) is 10.3 Å². The molecule has 33 heavy (non-hydrogen) atoms. The van der Waals surface area contributed by atoms with Gasteiger partial charge in [0.2, 0.25) is 0 Å². The van der Waals surface area contributed by atoms with E-state index in [2.05, 4.69) is 20.9 Å². The second kappa shape index (κ2) is 9.40. The van der Waals surface area contributed by atoms with Crippen LogP contribution in [0.25, 0.3) is 0 Å². The molecule has 0 atom stereocenters. The molecule has 2 aromatic carbocycles. The third-order valence-electron chi connectivity index (χ3n) is 4.67. The Labute approximate surface area is 187 Å². The van der Waals surface area contributed by atoms with Crippen molar-refractivity contribution >= 4 is 29.0 Å². The number of aryl methyl sites for hydroxylation is 1. The second-order valence-electron chi connectivity index (χ2n) is 7.00. The number of pyridine rings is 1. The Kier molecular flexibility index (Phi) is 6.63. The maximum Gasteiger partial charge on any atom is 0.416 e. The predicted octanol–water partition coefficient (Wildman–Crippen LogP) is 4.64. The van der Waals surface area contributed by atoms with Crippen LogP contribution in [0.4, 0.5) is 30.4 Å². The standard InChI is InChI=1S/C23H18F3N5O2/c1-13-5-3-4-6-18(13)30-20-19(10-16(12-29-20)21(32)28-2)31-22(33)15-7-14(11-27)8-17(9-15)23(24,25)26/h3-10,12H,1-2H3,(H,28,32)(H,29,30)(H,31,33). The summed E-state index contributed by atoms with van der Waals surface area (Å²) in [6, 6.07) is 12.6. The fourth-order valence-electron chi connectivity index (χ4n) is 2.95. The van der Waals surface area contributed by atoms with Gasteiger partial charge < -0.3 is 16.0 Å². The van der Waals surface area contributed by atoms with Crippen molar-refractivity contribution in [2.45, 2.75) is 13.1 Å². The Hall–Kier alpha value is -4.39. The zero-order valence-electron chi connectivity index (χ0n) is 17.5. The molecule has 7 nitrogen and oxygen atoms in total. The van der Waals surface area contributed by atoms with Crippen molar-refractivity contribution in [2.24, 2.45) is 0 Å². The lowest BCUT2D eigenvalue weighted by molar-refractivity contribution is -0.137. The molecule has 1 heterocycles. The van der Waals surface area contributed by atoms with Gasteiger partial charge in [-0.15, -0.1) is 0 Å². The number of hydrogen-bond acceptors (Lipinski definition) is 5. The molecule has 0 aliphatic rings.